The predicted molar refractivity (Wildman–Crippen MR) is 72.1 cm³/mol. The maximum atomic E-state index is 11.4. The highest BCUT2D eigenvalue weighted by Gasteiger charge is 2.27. The van der Waals surface area contributed by atoms with Crippen molar-refractivity contribution in [2.75, 3.05) is 26.0 Å². The summed E-state index contributed by atoms with van der Waals surface area (Å²) < 4.78 is 11.0. The number of ether oxygens (including phenoxy) is 2. The van der Waals surface area contributed by atoms with E-state index in [1.54, 1.807) is 25.8 Å². The first-order valence-electron chi connectivity index (χ1n) is 5.87. The number of nitrogens with zero attached hydrogens (tertiary/aromatic N) is 1. The van der Waals surface area contributed by atoms with Crippen molar-refractivity contribution in [2.45, 2.75) is 12.3 Å². The quantitative estimate of drug-likeness (QED) is 0.836. The SMILES string of the molecule is COc1ccccc1OCC1SCCN1C(C)=O. The number of carbonyl (C=O) groups is 1. The maximum absolute atomic E-state index is 11.4. The van der Waals surface area contributed by atoms with Gasteiger partial charge >= 0.3 is 0 Å². The number of methoxy groups -OCH3 is 1. The lowest BCUT2D eigenvalue weighted by Gasteiger charge is -2.22. The average molecular weight is 267 g/mol. The van der Waals surface area contributed by atoms with Crippen LogP contribution in [0.2, 0.25) is 0 Å². The van der Waals surface area contributed by atoms with Gasteiger partial charge in [0.2, 0.25) is 5.91 Å². The van der Waals surface area contributed by atoms with Crippen molar-refractivity contribution in [1.29, 1.82) is 0 Å². The Hall–Kier alpha value is -1.36. The number of rotatable bonds is 4. The van der Waals surface area contributed by atoms with Crippen LogP contribution >= 0.6 is 11.8 Å². The molecule has 98 valence electrons. The van der Waals surface area contributed by atoms with Gasteiger partial charge in [-0.05, 0) is 12.1 Å². The van der Waals surface area contributed by atoms with E-state index in [1.807, 2.05) is 29.2 Å². The van der Waals surface area contributed by atoms with Crippen LogP contribution in [0.25, 0.3) is 0 Å². The van der Waals surface area contributed by atoms with Gasteiger partial charge in [-0.3, -0.25) is 4.79 Å². The highest BCUT2D eigenvalue weighted by Crippen LogP contribution is 2.29. The molecule has 0 saturated carbocycles. The summed E-state index contributed by atoms with van der Waals surface area (Å²) in [6.07, 6.45) is 0. The van der Waals surface area contributed by atoms with E-state index < -0.39 is 0 Å². The van der Waals surface area contributed by atoms with Gasteiger partial charge < -0.3 is 14.4 Å². The number of carbonyl (C=O) groups excluding carboxylic acids is 1. The highest BCUT2D eigenvalue weighted by molar-refractivity contribution is 8.00. The summed E-state index contributed by atoms with van der Waals surface area (Å²) in [5, 5.41) is 0.104. The molecule has 1 aliphatic heterocycles. The maximum Gasteiger partial charge on any atom is 0.220 e. The van der Waals surface area contributed by atoms with Crippen molar-refractivity contribution in [1.82, 2.24) is 4.90 Å². The number of thioether (sulfide) groups is 1. The van der Waals surface area contributed by atoms with Crippen molar-refractivity contribution in [3.63, 3.8) is 0 Å². The van der Waals surface area contributed by atoms with E-state index in [-0.39, 0.29) is 11.3 Å². The average Bonchev–Trinajstić information content (AvgIpc) is 2.85. The van der Waals surface area contributed by atoms with Gasteiger partial charge in [-0.25, -0.2) is 0 Å². The van der Waals surface area contributed by atoms with Crippen molar-refractivity contribution < 1.29 is 14.3 Å². The zero-order valence-electron chi connectivity index (χ0n) is 10.6. The molecule has 1 unspecified atom stereocenters. The van der Waals surface area contributed by atoms with Gasteiger partial charge in [0.05, 0.1) is 7.11 Å². The normalized spacial score (nSPS) is 18.8. The van der Waals surface area contributed by atoms with Crippen LogP contribution < -0.4 is 9.47 Å². The third kappa shape index (κ3) is 2.90. The van der Waals surface area contributed by atoms with Gasteiger partial charge in [-0.1, -0.05) is 12.1 Å². The van der Waals surface area contributed by atoms with E-state index in [1.165, 1.54) is 0 Å². The van der Waals surface area contributed by atoms with Gasteiger partial charge in [0, 0.05) is 19.2 Å². The summed E-state index contributed by atoms with van der Waals surface area (Å²) in [6, 6.07) is 7.54. The molecule has 1 amide bonds. The Morgan fingerprint density at radius 3 is 2.83 bits per heavy atom. The molecule has 0 aliphatic carbocycles. The Kier molecular flexibility index (Phi) is 4.36. The molecule has 0 spiro atoms. The van der Waals surface area contributed by atoms with Crippen LogP contribution in [0.4, 0.5) is 0 Å². The van der Waals surface area contributed by atoms with Crippen LogP contribution in [-0.2, 0) is 4.79 Å². The Morgan fingerprint density at radius 2 is 2.17 bits per heavy atom. The van der Waals surface area contributed by atoms with Crippen molar-refractivity contribution in [3.8, 4) is 11.5 Å². The third-order valence-corrected chi connectivity index (χ3v) is 4.04. The Labute approximate surface area is 111 Å². The second kappa shape index (κ2) is 6.00. The van der Waals surface area contributed by atoms with Crippen LogP contribution in [-0.4, -0.2) is 42.2 Å². The number of hydrogen-bond acceptors (Lipinski definition) is 4. The topological polar surface area (TPSA) is 38.8 Å². The fourth-order valence-corrected chi connectivity index (χ4v) is 3.09. The number of benzene rings is 1. The lowest BCUT2D eigenvalue weighted by atomic mass is 10.3. The Balaban J connectivity index is 1.97. The van der Waals surface area contributed by atoms with Crippen molar-refractivity contribution >= 4 is 17.7 Å². The van der Waals surface area contributed by atoms with E-state index >= 15 is 0 Å². The van der Waals surface area contributed by atoms with Crippen LogP contribution in [0.5, 0.6) is 11.5 Å². The van der Waals surface area contributed by atoms with Gasteiger partial charge in [0.25, 0.3) is 0 Å². The standard InChI is InChI=1S/C13H17NO3S/c1-10(15)14-7-8-18-13(14)9-17-12-6-4-3-5-11(12)16-2/h3-6,13H,7-9H2,1-2H3. The second-order valence-corrected chi connectivity index (χ2v) is 5.29. The van der Waals surface area contributed by atoms with E-state index in [2.05, 4.69) is 0 Å². The molecule has 1 aromatic rings. The molecule has 0 bridgehead atoms. The zero-order valence-corrected chi connectivity index (χ0v) is 11.4. The first-order chi connectivity index (χ1) is 8.72. The molecule has 0 N–H and O–H groups in total. The first kappa shape index (κ1) is 13.1. The summed E-state index contributed by atoms with van der Waals surface area (Å²) in [5.74, 6) is 2.51. The molecule has 18 heavy (non-hydrogen) atoms. The van der Waals surface area contributed by atoms with E-state index in [0.717, 1.165) is 23.8 Å². The summed E-state index contributed by atoms with van der Waals surface area (Å²) in [6.45, 7) is 2.90. The molecule has 5 heteroatoms. The van der Waals surface area contributed by atoms with Gasteiger partial charge in [-0.15, -0.1) is 11.8 Å². The number of para-hydroxylation sites is 2. The molecular weight excluding hydrogens is 250 g/mol. The number of amides is 1. The largest absolute Gasteiger partial charge is 0.493 e. The zero-order chi connectivity index (χ0) is 13.0. The molecule has 1 aromatic carbocycles. The highest BCUT2D eigenvalue weighted by atomic mass is 32.2. The molecule has 1 aliphatic rings. The molecular formula is C13H17NO3S. The van der Waals surface area contributed by atoms with Gasteiger partial charge in [0.15, 0.2) is 11.5 Å². The molecule has 1 atom stereocenters. The molecule has 1 saturated heterocycles. The predicted octanol–water partition coefficient (Wildman–Crippen LogP) is 2.00. The van der Waals surface area contributed by atoms with Crippen LogP contribution in [0.1, 0.15) is 6.92 Å². The van der Waals surface area contributed by atoms with Gasteiger partial charge in [0.1, 0.15) is 12.0 Å². The van der Waals surface area contributed by atoms with E-state index in [0.29, 0.717) is 6.61 Å². The fourth-order valence-electron chi connectivity index (χ4n) is 1.92. The molecule has 1 fully saturated rings. The van der Waals surface area contributed by atoms with E-state index in [9.17, 15) is 4.79 Å². The minimum absolute atomic E-state index is 0.104. The summed E-state index contributed by atoms with van der Waals surface area (Å²) in [7, 11) is 1.62. The molecule has 4 nitrogen and oxygen atoms in total. The number of hydrogen-bond donors (Lipinski definition) is 0. The van der Waals surface area contributed by atoms with Crippen molar-refractivity contribution in [3.05, 3.63) is 24.3 Å². The lowest BCUT2D eigenvalue weighted by molar-refractivity contribution is -0.129. The van der Waals surface area contributed by atoms with Crippen LogP contribution in [0, 0.1) is 0 Å². The summed E-state index contributed by atoms with van der Waals surface area (Å²) >= 11 is 1.75. The minimum Gasteiger partial charge on any atom is -0.493 e. The fraction of sp³-hybridized carbons (Fsp3) is 0.462. The van der Waals surface area contributed by atoms with Gasteiger partial charge in [-0.2, -0.15) is 0 Å². The molecule has 0 radical (unpaired) electrons. The summed E-state index contributed by atoms with van der Waals surface area (Å²) in [4.78, 5) is 13.3. The van der Waals surface area contributed by atoms with Crippen molar-refractivity contribution in [2.24, 2.45) is 0 Å². The first-order valence-corrected chi connectivity index (χ1v) is 6.92. The summed E-state index contributed by atoms with van der Waals surface area (Å²) in [5.41, 5.74) is 0. The third-order valence-electron chi connectivity index (χ3n) is 2.85. The Morgan fingerprint density at radius 1 is 1.44 bits per heavy atom. The minimum atomic E-state index is 0.104. The van der Waals surface area contributed by atoms with E-state index in [4.69, 9.17) is 9.47 Å². The smallest absolute Gasteiger partial charge is 0.220 e. The van der Waals surface area contributed by atoms with Crippen LogP contribution in [0.15, 0.2) is 24.3 Å². The van der Waals surface area contributed by atoms with Crippen LogP contribution in [0.3, 0.4) is 0 Å². The lowest BCUT2D eigenvalue weighted by Crippen LogP contribution is -2.36. The monoisotopic (exact) mass is 267 g/mol. The second-order valence-electron chi connectivity index (χ2n) is 4.00. The molecule has 2 rings (SSSR count). The Bertz CT molecular complexity index is 424. The molecule has 1 heterocycles. The molecule has 0 aromatic heterocycles.